The second-order valence-electron chi connectivity index (χ2n) is 3.14. The van der Waals surface area contributed by atoms with E-state index in [0.29, 0.717) is 28.7 Å². The molecule has 0 unspecified atom stereocenters. The zero-order valence-electron chi connectivity index (χ0n) is 8.76. The van der Waals surface area contributed by atoms with Crippen LogP contribution in [0.15, 0.2) is 18.2 Å². The van der Waals surface area contributed by atoms with Crippen LogP contribution < -0.4 is 0 Å². The number of hydrogen-bond acceptors (Lipinski definition) is 1. The van der Waals surface area contributed by atoms with E-state index in [9.17, 15) is 4.79 Å². The van der Waals surface area contributed by atoms with Gasteiger partial charge in [0, 0.05) is 28.7 Å². The summed E-state index contributed by atoms with van der Waals surface area (Å²) in [5.74, 6) is -0.0376. The van der Waals surface area contributed by atoms with Crippen molar-refractivity contribution < 1.29 is 4.79 Å². The average molecular weight is 246 g/mol. The molecule has 0 aliphatic heterocycles. The monoisotopic (exact) mass is 245 g/mol. The second-order valence-corrected chi connectivity index (χ2v) is 4.01. The van der Waals surface area contributed by atoms with Gasteiger partial charge in [-0.15, -0.1) is 0 Å². The topological polar surface area (TPSA) is 20.3 Å². The van der Waals surface area contributed by atoms with Gasteiger partial charge in [0.2, 0.25) is 0 Å². The first-order chi connectivity index (χ1) is 7.08. The van der Waals surface area contributed by atoms with Crippen molar-refractivity contribution in [2.75, 3.05) is 13.1 Å². The molecule has 4 heteroatoms. The molecular weight excluding hydrogens is 233 g/mol. The molecule has 1 aromatic carbocycles. The number of rotatable bonds is 3. The molecule has 0 fully saturated rings. The third-order valence-electron chi connectivity index (χ3n) is 2.16. The van der Waals surface area contributed by atoms with Crippen LogP contribution in [0.2, 0.25) is 10.0 Å². The van der Waals surface area contributed by atoms with Gasteiger partial charge >= 0.3 is 0 Å². The van der Waals surface area contributed by atoms with Gasteiger partial charge in [-0.1, -0.05) is 23.2 Å². The highest BCUT2D eigenvalue weighted by Crippen LogP contribution is 2.20. The molecule has 1 rings (SSSR count). The van der Waals surface area contributed by atoms with E-state index in [-0.39, 0.29) is 5.91 Å². The molecule has 0 aliphatic rings. The van der Waals surface area contributed by atoms with Crippen LogP contribution in [-0.4, -0.2) is 23.9 Å². The van der Waals surface area contributed by atoms with Crippen LogP contribution in [0.3, 0.4) is 0 Å². The second kappa shape index (κ2) is 5.38. The minimum atomic E-state index is -0.0376. The van der Waals surface area contributed by atoms with Gasteiger partial charge in [-0.2, -0.15) is 0 Å². The van der Waals surface area contributed by atoms with Gasteiger partial charge in [-0.25, -0.2) is 0 Å². The van der Waals surface area contributed by atoms with Crippen molar-refractivity contribution in [1.29, 1.82) is 0 Å². The van der Waals surface area contributed by atoms with Crippen molar-refractivity contribution in [1.82, 2.24) is 4.90 Å². The molecule has 15 heavy (non-hydrogen) atoms. The SMILES string of the molecule is CCN(CC)C(=O)c1cc(Cl)cc(Cl)c1. The van der Waals surface area contributed by atoms with E-state index in [4.69, 9.17) is 23.2 Å². The Labute approximate surface area is 99.8 Å². The quantitative estimate of drug-likeness (QED) is 0.799. The van der Waals surface area contributed by atoms with Crippen molar-refractivity contribution in [3.05, 3.63) is 33.8 Å². The summed E-state index contributed by atoms with van der Waals surface area (Å²) in [6, 6.07) is 4.88. The Balaban J connectivity index is 3.00. The molecule has 2 nitrogen and oxygen atoms in total. The lowest BCUT2D eigenvalue weighted by Crippen LogP contribution is -2.30. The largest absolute Gasteiger partial charge is 0.339 e. The highest BCUT2D eigenvalue weighted by molar-refractivity contribution is 6.35. The van der Waals surface area contributed by atoms with E-state index in [0.717, 1.165) is 0 Å². The number of carbonyl (C=O) groups excluding carboxylic acids is 1. The molecule has 0 saturated heterocycles. The maximum absolute atomic E-state index is 11.9. The molecule has 0 radical (unpaired) electrons. The first kappa shape index (κ1) is 12.3. The van der Waals surface area contributed by atoms with Crippen molar-refractivity contribution in [2.24, 2.45) is 0 Å². The van der Waals surface area contributed by atoms with E-state index in [2.05, 4.69) is 0 Å². The van der Waals surface area contributed by atoms with Crippen LogP contribution in [0.25, 0.3) is 0 Å². The van der Waals surface area contributed by atoms with Gasteiger partial charge < -0.3 is 4.90 Å². The molecular formula is C11H13Cl2NO. The number of amides is 1. The van der Waals surface area contributed by atoms with Gasteiger partial charge in [0.1, 0.15) is 0 Å². The molecule has 1 amide bonds. The normalized spacial score (nSPS) is 10.1. The third-order valence-corrected chi connectivity index (χ3v) is 2.60. The zero-order valence-corrected chi connectivity index (χ0v) is 10.3. The number of halogens is 2. The summed E-state index contributed by atoms with van der Waals surface area (Å²) < 4.78 is 0. The Bertz CT molecular complexity index is 341. The Morgan fingerprint density at radius 2 is 1.60 bits per heavy atom. The summed E-state index contributed by atoms with van der Waals surface area (Å²) in [5, 5.41) is 0.969. The lowest BCUT2D eigenvalue weighted by atomic mass is 10.2. The summed E-state index contributed by atoms with van der Waals surface area (Å²) in [7, 11) is 0. The van der Waals surface area contributed by atoms with E-state index in [1.807, 2.05) is 13.8 Å². The fraction of sp³-hybridized carbons (Fsp3) is 0.364. The molecule has 0 saturated carbocycles. The molecule has 82 valence electrons. The molecule has 0 N–H and O–H groups in total. The fourth-order valence-electron chi connectivity index (χ4n) is 1.37. The van der Waals surface area contributed by atoms with E-state index in [1.54, 1.807) is 23.1 Å². The first-order valence-electron chi connectivity index (χ1n) is 4.83. The van der Waals surface area contributed by atoms with Crippen LogP contribution in [-0.2, 0) is 0 Å². The van der Waals surface area contributed by atoms with Crippen LogP contribution in [0.5, 0.6) is 0 Å². The molecule has 0 spiro atoms. The Hall–Kier alpha value is -0.730. The number of hydrogen-bond donors (Lipinski definition) is 0. The van der Waals surface area contributed by atoms with Gasteiger partial charge in [0.05, 0.1) is 0 Å². The predicted molar refractivity (Wildman–Crippen MR) is 63.7 cm³/mol. The van der Waals surface area contributed by atoms with Gasteiger partial charge in [-0.3, -0.25) is 4.79 Å². The Morgan fingerprint density at radius 1 is 1.13 bits per heavy atom. The molecule has 0 aliphatic carbocycles. The Kier molecular flexibility index (Phi) is 4.43. The van der Waals surface area contributed by atoms with Crippen LogP contribution >= 0.6 is 23.2 Å². The van der Waals surface area contributed by atoms with Crippen LogP contribution in [0.4, 0.5) is 0 Å². The van der Waals surface area contributed by atoms with Crippen LogP contribution in [0.1, 0.15) is 24.2 Å². The van der Waals surface area contributed by atoms with Crippen molar-refractivity contribution in [3.63, 3.8) is 0 Å². The summed E-state index contributed by atoms with van der Waals surface area (Å²) in [5.41, 5.74) is 0.538. The lowest BCUT2D eigenvalue weighted by molar-refractivity contribution is 0.0773. The van der Waals surface area contributed by atoms with E-state index in [1.165, 1.54) is 0 Å². The Morgan fingerprint density at radius 3 is 2.00 bits per heavy atom. The number of carbonyl (C=O) groups is 1. The fourth-order valence-corrected chi connectivity index (χ4v) is 1.90. The summed E-state index contributed by atoms with van der Waals surface area (Å²) in [6.07, 6.45) is 0. The predicted octanol–water partition coefficient (Wildman–Crippen LogP) is 3.48. The summed E-state index contributed by atoms with van der Waals surface area (Å²) in [6.45, 7) is 5.24. The minimum Gasteiger partial charge on any atom is -0.339 e. The zero-order chi connectivity index (χ0) is 11.4. The van der Waals surface area contributed by atoms with E-state index >= 15 is 0 Å². The summed E-state index contributed by atoms with van der Waals surface area (Å²) in [4.78, 5) is 13.6. The highest BCUT2D eigenvalue weighted by atomic mass is 35.5. The number of nitrogens with zero attached hydrogens (tertiary/aromatic N) is 1. The molecule has 0 heterocycles. The van der Waals surface area contributed by atoms with Gasteiger partial charge in [-0.05, 0) is 32.0 Å². The first-order valence-corrected chi connectivity index (χ1v) is 5.59. The molecule has 0 bridgehead atoms. The smallest absolute Gasteiger partial charge is 0.253 e. The van der Waals surface area contributed by atoms with Crippen molar-refractivity contribution >= 4 is 29.1 Å². The standard InChI is InChI=1S/C11H13Cl2NO/c1-3-14(4-2)11(15)8-5-9(12)7-10(13)6-8/h5-7H,3-4H2,1-2H3. The molecule has 0 atom stereocenters. The van der Waals surface area contributed by atoms with E-state index < -0.39 is 0 Å². The molecule has 0 aromatic heterocycles. The average Bonchev–Trinajstić information content (AvgIpc) is 2.18. The van der Waals surface area contributed by atoms with Gasteiger partial charge in [0.15, 0.2) is 0 Å². The lowest BCUT2D eigenvalue weighted by Gasteiger charge is -2.18. The third kappa shape index (κ3) is 3.11. The maximum atomic E-state index is 11.9. The maximum Gasteiger partial charge on any atom is 0.253 e. The van der Waals surface area contributed by atoms with Crippen LogP contribution in [0, 0.1) is 0 Å². The molecule has 1 aromatic rings. The van der Waals surface area contributed by atoms with Crippen molar-refractivity contribution in [3.8, 4) is 0 Å². The number of benzene rings is 1. The van der Waals surface area contributed by atoms with Gasteiger partial charge in [0.25, 0.3) is 5.91 Å². The summed E-state index contributed by atoms with van der Waals surface area (Å²) >= 11 is 11.7. The highest BCUT2D eigenvalue weighted by Gasteiger charge is 2.13. The minimum absolute atomic E-state index is 0.0376. The van der Waals surface area contributed by atoms with Crippen molar-refractivity contribution in [2.45, 2.75) is 13.8 Å².